The van der Waals surface area contributed by atoms with Crippen LogP contribution in [0.1, 0.15) is 32.3 Å². The highest BCUT2D eigenvalue weighted by molar-refractivity contribution is 5.11. The Labute approximate surface area is 73.0 Å². The molecular weight excluding hydrogens is 150 g/mol. The Hall–Kier alpha value is -0.960. The zero-order valence-corrected chi connectivity index (χ0v) is 7.83. The van der Waals surface area contributed by atoms with Crippen molar-refractivity contribution in [2.24, 2.45) is 5.73 Å². The molecule has 0 aliphatic heterocycles. The summed E-state index contributed by atoms with van der Waals surface area (Å²) in [7, 11) is 0. The Morgan fingerprint density at radius 1 is 1.42 bits per heavy atom. The number of hydrogen-bond donors (Lipinski definition) is 1. The highest BCUT2D eigenvalue weighted by atomic mass is 14.9. The van der Waals surface area contributed by atoms with Crippen molar-refractivity contribution in [2.75, 3.05) is 0 Å². The SMILES string of the molecule is CC(C)(C)c1ccnc(CN)n1. The minimum absolute atomic E-state index is 0.0762. The van der Waals surface area contributed by atoms with Crippen LogP contribution in [0.5, 0.6) is 0 Å². The zero-order chi connectivity index (χ0) is 9.19. The first-order chi connectivity index (χ1) is 5.54. The molecule has 1 rings (SSSR count). The Bertz CT molecular complexity index is 263. The topological polar surface area (TPSA) is 51.8 Å². The molecule has 2 N–H and O–H groups in total. The van der Waals surface area contributed by atoms with Gasteiger partial charge in [-0.3, -0.25) is 0 Å². The maximum absolute atomic E-state index is 5.44. The monoisotopic (exact) mass is 165 g/mol. The summed E-state index contributed by atoms with van der Waals surface area (Å²) < 4.78 is 0. The van der Waals surface area contributed by atoms with E-state index in [0.29, 0.717) is 12.4 Å². The van der Waals surface area contributed by atoms with Crippen molar-refractivity contribution in [3.05, 3.63) is 23.8 Å². The van der Waals surface area contributed by atoms with Crippen molar-refractivity contribution < 1.29 is 0 Å². The molecule has 1 heterocycles. The fourth-order valence-electron chi connectivity index (χ4n) is 0.915. The van der Waals surface area contributed by atoms with E-state index >= 15 is 0 Å². The van der Waals surface area contributed by atoms with Crippen LogP contribution in [0.15, 0.2) is 12.3 Å². The molecule has 0 amide bonds. The zero-order valence-electron chi connectivity index (χ0n) is 7.83. The summed E-state index contributed by atoms with van der Waals surface area (Å²) in [6, 6.07) is 1.93. The van der Waals surface area contributed by atoms with E-state index < -0.39 is 0 Å². The summed E-state index contributed by atoms with van der Waals surface area (Å²) in [5.74, 6) is 0.711. The Morgan fingerprint density at radius 3 is 2.58 bits per heavy atom. The van der Waals surface area contributed by atoms with Gasteiger partial charge in [-0.05, 0) is 6.07 Å². The molecule has 0 fully saturated rings. The first-order valence-corrected chi connectivity index (χ1v) is 4.06. The molecule has 0 saturated heterocycles. The predicted molar refractivity (Wildman–Crippen MR) is 48.6 cm³/mol. The smallest absolute Gasteiger partial charge is 0.142 e. The number of aromatic nitrogens is 2. The van der Waals surface area contributed by atoms with E-state index in [1.165, 1.54) is 0 Å². The molecule has 3 nitrogen and oxygen atoms in total. The third kappa shape index (κ3) is 2.01. The Balaban J connectivity index is 3.02. The predicted octanol–water partition coefficient (Wildman–Crippen LogP) is 1.23. The van der Waals surface area contributed by atoms with Gasteiger partial charge in [-0.25, -0.2) is 9.97 Å². The Kier molecular flexibility index (Phi) is 2.43. The molecular formula is C9H15N3. The Morgan fingerprint density at radius 2 is 2.08 bits per heavy atom. The van der Waals surface area contributed by atoms with E-state index in [-0.39, 0.29) is 5.41 Å². The third-order valence-electron chi connectivity index (χ3n) is 1.66. The molecule has 0 bridgehead atoms. The van der Waals surface area contributed by atoms with Crippen LogP contribution in [-0.4, -0.2) is 9.97 Å². The summed E-state index contributed by atoms with van der Waals surface area (Å²) in [6.07, 6.45) is 1.76. The molecule has 3 heteroatoms. The van der Waals surface area contributed by atoms with E-state index in [0.717, 1.165) is 5.69 Å². The largest absolute Gasteiger partial charge is 0.324 e. The van der Waals surface area contributed by atoms with Crippen LogP contribution in [0.2, 0.25) is 0 Å². The molecule has 0 aromatic carbocycles. The van der Waals surface area contributed by atoms with Gasteiger partial charge in [0.05, 0.1) is 6.54 Å². The number of rotatable bonds is 1. The molecule has 0 spiro atoms. The second-order valence-electron chi connectivity index (χ2n) is 3.81. The van der Waals surface area contributed by atoms with Crippen LogP contribution in [0.4, 0.5) is 0 Å². The second-order valence-corrected chi connectivity index (χ2v) is 3.81. The lowest BCUT2D eigenvalue weighted by Crippen LogP contribution is -2.16. The average Bonchev–Trinajstić information content (AvgIpc) is 2.03. The second kappa shape index (κ2) is 3.19. The van der Waals surface area contributed by atoms with E-state index in [1.54, 1.807) is 6.20 Å². The molecule has 0 saturated carbocycles. The molecule has 0 atom stereocenters. The van der Waals surface area contributed by atoms with Crippen molar-refractivity contribution in [1.82, 2.24) is 9.97 Å². The van der Waals surface area contributed by atoms with Crippen molar-refractivity contribution in [1.29, 1.82) is 0 Å². The van der Waals surface area contributed by atoms with Gasteiger partial charge in [0.2, 0.25) is 0 Å². The lowest BCUT2D eigenvalue weighted by atomic mass is 9.92. The summed E-state index contributed by atoms with van der Waals surface area (Å²) in [4.78, 5) is 8.36. The van der Waals surface area contributed by atoms with Gasteiger partial charge < -0.3 is 5.73 Å². The van der Waals surface area contributed by atoms with Gasteiger partial charge in [0.15, 0.2) is 0 Å². The minimum Gasteiger partial charge on any atom is -0.324 e. The van der Waals surface area contributed by atoms with Gasteiger partial charge >= 0.3 is 0 Å². The maximum atomic E-state index is 5.44. The van der Waals surface area contributed by atoms with Crippen molar-refractivity contribution in [3.8, 4) is 0 Å². The first kappa shape index (κ1) is 9.13. The van der Waals surface area contributed by atoms with Crippen LogP contribution in [0.3, 0.4) is 0 Å². The number of hydrogen-bond acceptors (Lipinski definition) is 3. The summed E-state index contributed by atoms with van der Waals surface area (Å²) >= 11 is 0. The van der Waals surface area contributed by atoms with Gasteiger partial charge in [-0.1, -0.05) is 20.8 Å². The van der Waals surface area contributed by atoms with Gasteiger partial charge in [0.25, 0.3) is 0 Å². The fraction of sp³-hybridized carbons (Fsp3) is 0.556. The minimum atomic E-state index is 0.0762. The third-order valence-corrected chi connectivity index (χ3v) is 1.66. The summed E-state index contributed by atoms with van der Waals surface area (Å²) in [5, 5.41) is 0. The summed E-state index contributed by atoms with van der Waals surface area (Å²) in [6.45, 7) is 6.77. The van der Waals surface area contributed by atoms with Crippen molar-refractivity contribution in [2.45, 2.75) is 32.7 Å². The van der Waals surface area contributed by atoms with Gasteiger partial charge in [0, 0.05) is 17.3 Å². The molecule has 0 radical (unpaired) electrons. The highest BCUT2D eigenvalue weighted by Gasteiger charge is 2.15. The van der Waals surface area contributed by atoms with E-state index in [2.05, 4.69) is 30.7 Å². The van der Waals surface area contributed by atoms with E-state index in [9.17, 15) is 0 Å². The van der Waals surface area contributed by atoms with Crippen LogP contribution < -0.4 is 5.73 Å². The van der Waals surface area contributed by atoms with Crippen LogP contribution in [0.25, 0.3) is 0 Å². The molecule has 0 aliphatic rings. The standard InChI is InChI=1S/C9H15N3/c1-9(2,3)7-4-5-11-8(6-10)12-7/h4-5H,6,10H2,1-3H3. The summed E-state index contributed by atoms with van der Waals surface area (Å²) in [5.41, 5.74) is 6.55. The molecule has 0 aliphatic carbocycles. The van der Waals surface area contributed by atoms with Gasteiger partial charge in [-0.15, -0.1) is 0 Å². The van der Waals surface area contributed by atoms with E-state index in [1.807, 2.05) is 6.07 Å². The molecule has 12 heavy (non-hydrogen) atoms. The molecule has 0 unspecified atom stereocenters. The maximum Gasteiger partial charge on any atom is 0.142 e. The quantitative estimate of drug-likeness (QED) is 0.681. The van der Waals surface area contributed by atoms with Crippen LogP contribution in [-0.2, 0) is 12.0 Å². The van der Waals surface area contributed by atoms with Crippen LogP contribution >= 0.6 is 0 Å². The average molecular weight is 165 g/mol. The van der Waals surface area contributed by atoms with E-state index in [4.69, 9.17) is 5.73 Å². The van der Waals surface area contributed by atoms with Crippen molar-refractivity contribution >= 4 is 0 Å². The molecule has 1 aromatic heterocycles. The lowest BCUT2D eigenvalue weighted by Gasteiger charge is -2.17. The van der Waals surface area contributed by atoms with Gasteiger partial charge in [0.1, 0.15) is 5.82 Å². The first-order valence-electron chi connectivity index (χ1n) is 4.06. The number of nitrogens with zero attached hydrogens (tertiary/aromatic N) is 2. The highest BCUT2D eigenvalue weighted by Crippen LogP contribution is 2.18. The lowest BCUT2D eigenvalue weighted by molar-refractivity contribution is 0.562. The molecule has 66 valence electrons. The fourth-order valence-corrected chi connectivity index (χ4v) is 0.915. The van der Waals surface area contributed by atoms with Crippen molar-refractivity contribution in [3.63, 3.8) is 0 Å². The number of nitrogens with two attached hydrogens (primary N) is 1. The molecule has 1 aromatic rings. The van der Waals surface area contributed by atoms with Gasteiger partial charge in [-0.2, -0.15) is 0 Å². The normalized spacial score (nSPS) is 11.7. The van der Waals surface area contributed by atoms with Crippen LogP contribution in [0, 0.1) is 0 Å².